The number of rotatable bonds is 41. The van der Waals surface area contributed by atoms with Gasteiger partial charge < -0.3 is 156 Å². The van der Waals surface area contributed by atoms with Gasteiger partial charge in [-0.1, -0.05) is 6.92 Å². The summed E-state index contributed by atoms with van der Waals surface area (Å²) in [6.45, 7) is -26.9. The minimum absolute atomic E-state index is 0.0179. The first-order valence-electron chi connectivity index (χ1n) is 44.8. The van der Waals surface area contributed by atoms with E-state index in [-0.39, 0.29) is 129 Å². The number of nitrogens with one attached hydrogen (secondary N) is 4. The summed E-state index contributed by atoms with van der Waals surface area (Å²) in [5.74, 6) is -0.928. The lowest BCUT2D eigenvalue weighted by atomic mass is 10.1. The lowest BCUT2D eigenvalue weighted by molar-refractivity contribution is -0.0590. The van der Waals surface area contributed by atoms with Gasteiger partial charge in [-0.15, -0.1) is 0 Å². The average molecular weight is 2350 g/mol. The van der Waals surface area contributed by atoms with Crippen LogP contribution in [0.3, 0.4) is 0 Å². The third-order valence-electron chi connectivity index (χ3n) is 24.8. The molecule has 12 aromatic rings. The Balaban J connectivity index is 0.550. The third kappa shape index (κ3) is 24.2. The van der Waals surface area contributed by atoms with Crippen LogP contribution in [0.15, 0.2) is 85.5 Å². The maximum atomic E-state index is 14.9. The van der Waals surface area contributed by atoms with Gasteiger partial charge in [0, 0.05) is 75.6 Å². The quantitative estimate of drug-likeness (QED) is 0.0228. The molecule has 7 saturated heterocycles. The molecule has 19 heterocycles. The van der Waals surface area contributed by atoms with Crippen molar-refractivity contribution in [3.63, 3.8) is 0 Å². The van der Waals surface area contributed by atoms with E-state index in [1.807, 2.05) is 0 Å². The van der Waals surface area contributed by atoms with Crippen LogP contribution in [0.2, 0.25) is 0 Å². The van der Waals surface area contributed by atoms with Gasteiger partial charge in [0.2, 0.25) is 17.8 Å². The molecule has 0 spiro atoms. The Morgan fingerprint density at radius 3 is 0.953 bits per heavy atom. The highest BCUT2D eigenvalue weighted by molar-refractivity contribution is 8.08. The second-order valence-electron chi connectivity index (χ2n) is 34.7. The molecule has 78 heteroatoms. The van der Waals surface area contributed by atoms with Crippen LogP contribution in [0.4, 0.5) is 35.3 Å². The number of hydrogen-bond donors (Lipinski definition) is 17. The van der Waals surface area contributed by atoms with Crippen LogP contribution >= 0.6 is 48.1 Å². The van der Waals surface area contributed by atoms with Gasteiger partial charge in [-0.25, -0.2) is 59.0 Å². The number of phosphoric ester groups is 1. The van der Waals surface area contributed by atoms with Gasteiger partial charge in [0.25, 0.3) is 22.2 Å². The Morgan fingerprint density at radius 2 is 0.620 bits per heavy atom. The van der Waals surface area contributed by atoms with E-state index in [1.165, 1.54) is 78.4 Å². The molecular formula is C72H93N30O35P7S6. The molecule has 0 radical (unpaired) electrons. The summed E-state index contributed by atoms with van der Waals surface area (Å²) in [6.07, 6.45) is -17.3. The van der Waals surface area contributed by atoms with Crippen molar-refractivity contribution in [2.75, 3.05) is 81.2 Å². The molecular weight excluding hydrogens is 2250 g/mol. The number of imidazole rings is 5. The van der Waals surface area contributed by atoms with Crippen molar-refractivity contribution >= 4 is 210 Å². The molecule has 0 aromatic carbocycles. The fraction of sp³-hybridized carbons (Fsp3) is 0.542. The van der Waals surface area contributed by atoms with Crippen LogP contribution in [0.25, 0.3) is 55.8 Å². The van der Waals surface area contributed by atoms with E-state index in [0.29, 0.717) is 12.0 Å². The van der Waals surface area contributed by atoms with Crippen molar-refractivity contribution in [3.05, 3.63) is 130 Å². The number of fused-ring (bicyclic) bond motifs is 5. The van der Waals surface area contributed by atoms with Crippen LogP contribution in [-0.4, -0.2) is 283 Å². The summed E-state index contributed by atoms with van der Waals surface area (Å²) in [6, 6.07) is 0. The van der Waals surface area contributed by atoms with E-state index in [2.05, 4.69) is 84.7 Å². The molecule has 0 aliphatic carbocycles. The lowest BCUT2D eigenvalue weighted by Gasteiger charge is -2.28. The summed E-state index contributed by atoms with van der Waals surface area (Å²) >= 11 is 33.5. The van der Waals surface area contributed by atoms with Gasteiger partial charge in [0.1, 0.15) is 116 Å². The first kappa shape index (κ1) is 110. The second kappa shape index (κ2) is 43.6. The molecule has 19 rings (SSSR count). The van der Waals surface area contributed by atoms with Crippen molar-refractivity contribution in [2.24, 2.45) is 0 Å². The maximum Gasteiger partial charge on any atom is 0.472 e. The Morgan fingerprint density at radius 1 is 0.340 bits per heavy atom. The molecule has 812 valence electrons. The minimum atomic E-state index is -5.62. The smallest absolute Gasteiger partial charge is 0.383 e. The summed E-state index contributed by atoms with van der Waals surface area (Å²) in [5.41, 5.74) is 31.9. The Kier molecular flexibility index (Phi) is 31.9. The van der Waals surface area contributed by atoms with Gasteiger partial charge in [-0.05, 0) is 91.1 Å². The van der Waals surface area contributed by atoms with Gasteiger partial charge in [-0.3, -0.25) is 80.1 Å². The third-order valence-corrected chi connectivity index (χ3v) is 35.5. The highest BCUT2D eigenvalue weighted by atomic mass is 32.5. The van der Waals surface area contributed by atoms with E-state index < -0.39 is 263 Å². The van der Waals surface area contributed by atoms with E-state index >= 15 is 0 Å². The first-order valence-corrected chi connectivity index (χ1v) is 61.8. The molecule has 150 heavy (non-hydrogen) atoms. The topological polar surface area (TPSA) is 876 Å². The standard InChI is InChI=1S/C72H93N30O35P7S6/c1-5-30-31(6-44(124-30)96-13-28(2)56(73)88-71(96)107)133-140(112,146)120-19-42-36(10-47(129-42)99-24-84-52-58(75)80-22-82-60(52)99)136-144(116,150)123-20-43-37(12-50(130-43)102-27-87-55-63(102)91-70(78)94-67(55)106)137-141(113,147)119-16-39-32(7-48(127-39)100-25-85-53-61(100)89-68(76)92-65(53)104)131-138(109,110)118-15-38-35(11-49(126-38)101-26-86-54-62(101)90-69(77)93-66(54)105)135-143(115,149)122-18-41-34(8-45(125-41)97-14-29(3)64(103)95-72(97)108)134-142(114,148)121-17-40-33(132-139(111,145)117-4)9-46(128-40)98-23-83-51-57(74)79-21-81-59(51)98/h13-14,21-27,30-50H,5-12,15-20H2,1-4H3,(H,109,110)(H,111,145)(H,112,146)(H,113,147)(H,114,148)(H,115,149)(H,116,150)(H2,73,88,107)(H2,74,79,81)(H2,75,80,82)(H,95,103,108)(H3,76,89,92,104)(H3,77,90,93,105)(H3,78,91,94,106)/t30-,31-,32-,33-,34-,35-,36-,37-,38-,39-,40-,41-,42-,43-,44-,45-,46-,47-,48-,49-,50-,139?,140?,141?,142?,143?,144?/m1/s1. The van der Waals surface area contributed by atoms with Gasteiger partial charge in [0.05, 0.1) is 114 Å². The van der Waals surface area contributed by atoms with Crippen LogP contribution in [0, 0.1) is 13.8 Å². The molecule has 28 atom stereocenters. The fourth-order valence-corrected chi connectivity index (χ4v) is 27.1. The molecule has 7 aliphatic heterocycles. The molecule has 7 fully saturated rings. The largest absolute Gasteiger partial charge is 0.472 e. The number of aryl methyl sites for hydroxylation is 2. The maximum absolute atomic E-state index is 14.9. The number of phosphoric acid groups is 1. The predicted molar refractivity (Wildman–Crippen MR) is 537 cm³/mol. The number of aromatic amines is 4. The molecule has 7 aliphatic rings. The van der Waals surface area contributed by atoms with Crippen LogP contribution in [-0.2, 0) is 172 Å². The molecule has 0 bridgehead atoms. The summed E-state index contributed by atoms with van der Waals surface area (Å²) in [5, 5.41) is 0. The zero-order chi connectivity index (χ0) is 107. The Bertz CT molecular complexity index is 7950. The number of H-pyrrole nitrogens is 4. The Labute approximate surface area is 869 Å². The lowest BCUT2D eigenvalue weighted by Crippen LogP contribution is -2.33. The number of ether oxygens (including phenoxy) is 7. The highest BCUT2D eigenvalue weighted by Gasteiger charge is 2.53. The van der Waals surface area contributed by atoms with Crippen molar-refractivity contribution in [1.82, 2.24) is 117 Å². The van der Waals surface area contributed by atoms with Gasteiger partial charge >= 0.3 is 59.5 Å². The van der Waals surface area contributed by atoms with Crippen LogP contribution < -0.4 is 68.0 Å². The van der Waals surface area contributed by atoms with Crippen LogP contribution in [0.1, 0.15) is 113 Å². The summed E-state index contributed by atoms with van der Waals surface area (Å²) < 4.78 is 152. The van der Waals surface area contributed by atoms with Gasteiger partial charge in [-0.2, -0.15) is 19.9 Å². The molecule has 23 N–H and O–H groups in total. The van der Waals surface area contributed by atoms with E-state index in [0.717, 1.165) is 24.3 Å². The first-order chi connectivity index (χ1) is 71.0. The second-order valence-corrected chi connectivity index (χ2v) is 52.9. The molecule has 65 nitrogen and oxygen atoms in total. The zero-order valence-electron chi connectivity index (χ0n) is 77.8. The Hall–Kier alpha value is -8.48. The van der Waals surface area contributed by atoms with E-state index in [9.17, 15) is 67.6 Å². The molecule has 0 amide bonds. The zero-order valence-corrected chi connectivity index (χ0v) is 88.9. The number of nitrogens with zero attached hydrogens (tertiary/aromatic N) is 20. The summed E-state index contributed by atoms with van der Waals surface area (Å²) in [4.78, 5) is 226. The minimum Gasteiger partial charge on any atom is -0.383 e. The van der Waals surface area contributed by atoms with E-state index in [4.69, 9.17) is 202 Å². The highest BCUT2D eigenvalue weighted by Crippen LogP contribution is 2.59. The summed E-state index contributed by atoms with van der Waals surface area (Å²) in [7, 11) is -4.48. The average Bonchev–Trinajstić information content (AvgIpc) is 1.63. The normalized spacial score (nSPS) is 29.1. The van der Waals surface area contributed by atoms with Crippen molar-refractivity contribution in [1.29, 1.82) is 0 Å². The number of nitrogens with two attached hydrogens (primary N) is 6. The monoisotopic (exact) mass is 2350 g/mol. The van der Waals surface area contributed by atoms with Crippen LogP contribution in [0.5, 0.6) is 0 Å². The van der Waals surface area contributed by atoms with Crippen molar-refractivity contribution in [3.8, 4) is 0 Å². The number of aromatic nitrogens is 24. The predicted octanol–water partition coefficient (Wildman–Crippen LogP) is 0.249. The number of anilines is 6. The number of nitrogen functional groups attached to an aromatic ring is 6. The van der Waals surface area contributed by atoms with Crippen molar-refractivity contribution in [2.45, 2.75) is 201 Å². The van der Waals surface area contributed by atoms with E-state index in [1.54, 1.807) is 13.8 Å². The fourth-order valence-electron chi connectivity index (χ4n) is 17.8. The van der Waals surface area contributed by atoms with Crippen molar-refractivity contribution < 1.29 is 135 Å². The molecule has 0 saturated carbocycles. The molecule has 12 aromatic heterocycles. The number of hydrogen-bond acceptors (Lipinski definition) is 53. The molecule has 7 unspecified atom stereocenters. The SMILES string of the molecule is CC[C@H]1O[C@@H](n2cc(C)c(N)nc2=O)C[C@H]1OP(O)(=S)OC[C@H]1O[C@@H](n2cnc3c(N)ncnc32)C[C@H]1OP(O)(=S)OC[C@H]1O[C@@H](n2cnc3c(=O)[nH]c(N)nc32)C[C@H]1OP(O)(=S)OC[C@H]1O[C@@H](n2cnc3c(=O)[nH]c(N)nc32)C[C@H]1OP(=O)(O)OC[C@H]1O[C@@H](n2cnc3c(=O)[nH]c(N)nc32)C[C@H]1OP(O)(=S)OC[C@H]1O[C@@H](n2cc(C)c(=O)[nH]c2=O)C[C@H]1OP(O)(=S)OC[C@H]1O[C@@H](n2cnc3c(N)ncnc32)C[C@H]1OP(O)(=S)OC. The van der Waals surface area contributed by atoms with Gasteiger partial charge in [0.15, 0.2) is 56.4 Å².